The molecule has 3 heterocycles. The van der Waals surface area contributed by atoms with Crippen LogP contribution < -0.4 is 9.88 Å². The lowest BCUT2D eigenvalue weighted by Crippen LogP contribution is -2.44. The molecule has 0 radical (unpaired) electrons. The van der Waals surface area contributed by atoms with E-state index in [-0.39, 0.29) is 5.91 Å². The van der Waals surface area contributed by atoms with E-state index in [4.69, 9.17) is 28.2 Å². The Kier molecular flexibility index (Phi) is 5.60. The molecule has 7 heteroatoms. The summed E-state index contributed by atoms with van der Waals surface area (Å²) in [5.41, 5.74) is 4.40. The van der Waals surface area contributed by atoms with Crippen LogP contribution in [-0.2, 0) is 12.8 Å². The van der Waals surface area contributed by atoms with E-state index >= 15 is 0 Å². The first-order valence-electron chi connectivity index (χ1n) is 10.2. The zero-order valence-corrected chi connectivity index (χ0v) is 18.5. The first-order valence-corrected chi connectivity index (χ1v) is 11.0. The molecule has 0 aliphatic carbocycles. The molecule has 0 spiro atoms. The number of fused-ring (bicyclic) bond motifs is 1. The minimum absolute atomic E-state index is 0.0556. The molecular weight excluding hydrogens is 443 g/mol. The standard InChI is InChI=1S/C25H18Cl2N4O/c26-22-12-11-18(23(27)30-22)14-20-25(32)31-15-21(17-9-5-2-6-10-17)28-19(24(31)29-20)13-16-7-3-1-4-8-16/h1-12,15,20H,13-14H2/p+1. The Balaban J connectivity index is 1.54. The number of carbonyl (C=O) groups excluding carboxylic acids is 1. The Morgan fingerprint density at radius 3 is 2.34 bits per heavy atom. The molecule has 1 N–H and O–H groups in total. The van der Waals surface area contributed by atoms with Crippen LogP contribution >= 0.6 is 23.2 Å². The highest BCUT2D eigenvalue weighted by atomic mass is 35.5. The molecule has 2 aromatic heterocycles. The Morgan fingerprint density at radius 2 is 1.62 bits per heavy atom. The molecule has 5 rings (SSSR count). The molecule has 1 unspecified atom stereocenters. The number of hydrogen-bond donors (Lipinski definition) is 1. The predicted molar refractivity (Wildman–Crippen MR) is 125 cm³/mol. The maximum absolute atomic E-state index is 13.4. The SMILES string of the molecule is O=C1C(Cc2ccc(Cl)nc2Cl)Nc2c(Cc3ccccc3)nc(-c3ccccc3)c[n+]21. The van der Waals surface area contributed by atoms with Gasteiger partial charge in [-0.15, -0.1) is 0 Å². The molecule has 1 aliphatic rings. The molecular formula is C25H19Cl2N4O+. The molecule has 0 bridgehead atoms. The van der Waals surface area contributed by atoms with Gasteiger partial charge in [0.1, 0.15) is 27.9 Å². The van der Waals surface area contributed by atoms with Crippen molar-refractivity contribution >= 4 is 34.9 Å². The number of nitrogens with one attached hydrogen (secondary N) is 1. The molecule has 1 aliphatic heterocycles. The van der Waals surface area contributed by atoms with E-state index in [0.29, 0.717) is 29.0 Å². The van der Waals surface area contributed by atoms with E-state index in [1.807, 2.05) is 48.5 Å². The first-order chi connectivity index (χ1) is 15.6. The molecule has 32 heavy (non-hydrogen) atoms. The number of carbonyl (C=O) groups is 1. The van der Waals surface area contributed by atoms with Gasteiger partial charge < -0.3 is 0 Å². The number of benzene rings is 2. The van der Waals surface area contributed by atoms with Crippen molar-refractivity contribution in [2.45, 2.75) is 18.9 Å². The summed E-state index contributed by atoms with van der Waals surface area (Å²) in [5, 5.41) is 4.00. The monoisotopic (exact) mass is 461 g/mol. The van der Waals surface area contributed by atoms with E-state index in [1.54, 1.807) is 22.9 Å². The largest absolute Gasteiger partial charge is 0.359 e. The summed E-state index contributed by atoms with van der Waals surface area (Å²) in [6, 6.07) is 23.0. The summed E-state index contributed by atoms with van der Waals surface area (Å²) in [6.07, 6.45) is 2.80. The summed E-state index contributed by atoms with van der Waals surface area (Å²) < 4.78 is 1.68. The second kappa shape index (κ2) is 8.69. The number of hydrogen-bond acceptors (Lipinski definition) is 4. The zero-order valence-electron chi connectivity index (χ0n) is 17.0. The van der Waals surface area contributed by atoms with E-state index < -0.39 is 6.04 Å². The number of nitrogens with zero attached hydrogens (tertiary/aromatic N) is 3. The molecule has 0 fully saturated rings. The van der Waals surface area contributed by atoms with Crippen molar-refractivity contribution in [1.82, 2.24) is 9.97 Å². The van der Waals surface area contributed by atoms with Gasteiger partial charge in [-0.25, -0.2) is 14.8 Å². The number of halogens is 2. The maximum Gasteiger partial charge on any atom is 0.359 e. The van der Waals surface area contributed by atoms with E-state index in [0.717, 1.165) is 28.1 Å². The summed E-state index contributed by atoms with van der Waals surface area (Å²) in [6.45, 7) is 0. The van der Waals surface area contributed by atoms with Crippen LogP contribution in [0.5, 0.6) is 0 Å². The van der Waals surface area contributed by atoms with Crippen LogP contribution in [0, 0.1) is 0 Å². The van der Waals surface area contributed by atoms with Crippen LogP contribution in [0.4, 0.5) is 5.82 Å². The maximum atomic E-state index is 13.4. The third kappa shape index (κ3) is 4.09. The van der Waals surface area contributed by atoms with Crippen LogP contribution in [-0.4, -0.2) is 21.9 Å². The fourth-order valence-corrected chi connectivity index (χ4v) is 4.31. The highest BCUT2D eigenvalue weighted by Gasteiger charge is 2.41. The normalized spacial score (nSPS) is 14.8. The highest BCUT2D eigenvalue weighted by Crippen LogP contribution is 2.26. The van der Waals surface area contributed by atoms with Gasteiger partial charge in [0, 0.05) is 18.4 Å². The fraction of sp³-hybridized carbons (Fsp3) is 0.120. The average Bonchev–Trinajstić information content (AvgIpc) is 3.13. The second-order valence-corrected chi connectivity index (χ2v) is 8.39. The zero-order chi connectivity index (χ0) is 22.1. The molecule has 2 aromatic carbocycles. The van der Waals surface area contributed by atoms with Crippen LogP contribution in [0.15, 0.2) is 79.0 Å². The lowest BCUT2D eigenvalue weighted by Gasteiger charge is -2.07. The van der Waals surface area contributed by atoms with Crippen LogP contribution in [0.25, 0.3) is 11.3 Å². The minimum atomic E-state index is -0.474. The molecule has 5 nitrogen and oxygen atoms in total. The number of anilines is 1. The predicted octanol–water partition coefficient (Wildman–Crippen LogP) is 5.01. The van der Waals surface area contributed by atoms with Gasteiger partial charge in [-0.3, -0.25) is 5.32 Å². The van der Waals surface area contributed by atoms with Crippen LogP contribution in [0.3, 0.4) is 0 Å². The van der Waals surface area contributed by atoms with Crippen molar-refractivity contribution in [3.63, 3.8) is 0 Å². The molecule has 0 saturated heterocycles. The summed E-state index contributed by atoms with van der Waals surface area (Å²) in [7, 11) is 0. The van der Waals surface area contributed by atoms with Gasteiger partial charge in [0.25, 0.3) is 0 Å². The van der Waals surface area contributed by atoms with Gasteiger partial charge in [-0.2, -0.15) is 4.57 Å². The van der Waals surface area contributed by atoms with Crippen molar-refractivity contribution in [3.8, 4) is 11.3 Å². The van der Waals surface area contributed by atoms with Crippen molar-refractivity contribution in [1.29, 1.82) is 0 Å². The third-order valence-corrected chi connectivity index (χ3v) is 6.01. The fourth-order valence-electron chi connectivity index (χ4n) is 3.89. The molecule has 158 valence electrons. The lowest BCUT2D eigenvalue weighted by molar-refractivity contribution is -0.552. The summed E-state index contributed by atoms with van der Waals surface area (Å²) in [5.74, 6) is 0.654. The van der Waals surface area contributed by atoms with Crippen molar-refractivity contribution in [3.05, 3.63) is 106 Å². The van der Waals surface area contributed by atoms with Crippen molar-refractivity contribution in [2.24, 2.45) is 0 Å². The molecule has 4 aromatic rings. The number of pyridine rings is 1. The summed E-state index contributed by atoms with van der Waals surface area (Å²) >= 11 is 12.2. The number of rotatable bonds is 5. The quantitative estimate of drug-likeness (QED) is 0.335. The molecule has 0 saturated carbocycles. The van der Waals surface area contributed by atoms with Gasteiger partial charge in [0.15, 0.2) is 6.04 Å². The highest BCUT2D eigenvalue weighted by molar-refractivity contribution is 6.32. The van der Waals surface area contributed by atoms with Gasteiger partial charge in [-0.1, -0.05) is 89.9 Å². The van der Waals surface area contributed by atoms with Crippen molar-refractivity contribution in [2.75, 3.05) is 5.32 Å². The number of aromatic nitrogens is 3. The summed E-state index contributed by atoms with van der Waals surface area (Å²) in [4.78, 5) is 22.4. The Labute approximate surface area is 195 Å². The van der Waals surface area contributed by atoms with Gasteiger partial charge in [0.05, 0.1) is 0 Å². The Morgan fingerprint density at radius 1 is 0.906 bits per heavy atom. The van der Waals surface area contributed by atoms with E-state index in [2.05, 4.69) is 22.4 Å². The Bertz CT molecular complexity index is 1300. The topological polar surface area (TPSA) is 58.8 Å². The minimum Gasteiger partial charge on any atom is -0.258 e. The van der Waals surface area contributed by atoms with E-state index in [1.165, 1.54) is 0 Å². The third-order valence-electron chi connectivity index (χ3n) is 5.47. The first kappa shape index (κ1) is 20.6. The van der Waals surface area contributed by atoms with Gasteiger partial charge in [-0.05, 0) is 17.2 Å². The second-order valence-electron chi connectivity index (χ2n) is 7.64. The molecule has 0 amide bonds. The smallest absolute Gasteiger partial charge is 0.258 e. The van der Waals surface area contributed by atoms with E-state index in [9.17, 15) is 4.79 Å². The van der Waals surface area contributed by atoms with Crippen LogP contribution in [0.1, 0.15) is 21.6 Å². The van der Waals surface area contributed by atoms with Gasteiger partial charge >= 0.3 is 11.7 Å². The van der Waals surface area contributed by atoms with Gasteiger partial charge in [0.2, 0.25) is 0 Å². The van der Waals surface area contributed by atoms with Crippen LogP contribution in [0.2, 0.25) is 10.3 Å². The van der Waals surface area contributed by atoms with Crippen molar-refractivity contribution < 1.29 is 9.36 Å². The Hall–Kier alpha value is -3.28. The average molecular weight is 462 g/mol. The molecule has 1 atom stereocenters. The lowest BCUT2D eigenvalue weighted by atomic mass is 10.1.